The van der Waals surface area contributed by atoms with E-state index in [1.54, 1.807) is 59.6 Å². The zero-order valence-corrected chi connectivity index (χ0v) is 18.3. The summed E-state index contributed by atoms with van der Waals surface area (Å²) < 4.78 is 28.9. The lowest BCUT2D eigenvalue weighted by Gasteiger charge is -2.36. The number of anilines is 1. The van der Waals surface area contributed by atoms with Crippen LogP contribution in [0.5, 0.6) is 0 Å². The third kappa shape index (κ3) is 4.14. The van der Waals surface area contributed by atoms with E-state index in [4.69, 9.17) is 0 Å². The number of pyridine rings is 2. The van der Waals surface area contributed by atoms with Gasteiger partial charge in [0.05, 0.1) is 6.54 Å². The topological polar surface area (TPSA) is 58.4 Å². The van der Waals surface area contributed by atoms with Gasteiger partial charge in [-0.15, -0.1) is 0 Å². The lowest BCUT2D eigenvalue weighted by Crippen LogP contribution is -2.50. The van der Waals surface area contributed by atoms with Crippen LogP contribution in [0, 0.1) is 11.6 Å². The Morgan fingerprint density at radius 2 is 1.65 bits per heavy atom. The SMILES string of the molecule is O=C(c1cc2cccnc2n(Cc2ccccc2F)c1=O)N1CCN(c2ccc(F)cc2)CC1. The normalized spacial score (nSPS) is 13.9. The maximum absolute atomic E-state index is 14.3. The van der Waals surface area contributed by atoms with E-state index in [0.29, 0.717) is 42.8 Å². The Kier molecular flexibility index (Phi) is 5.79. The average Bonchev–Trinajstić information content (AvgIpc) is 2.87. The van der Waals surface area contributed by atoms with Gasteiger partial charge in [0.2, 0.25) is 0 Å². The number of benzene rings is 2. The van der Waals surface area contributed by atoms with Crippen LogP contribution in [-0.4, -0.2) is 46.5 Å². The van der Waals surface area contributed by atoms with Gasteiger partial charge in [0.1, 0.15) is 22.8 Å². The molecule has 4 aromatic rings. The summed E-state index contributed by atoms with van der Waals surface area (Å²) in [4.78, 5) is 34.8. The van der Waals surface area contributed by atoms with Gasteiger partial charge < -0.3 is 9.80 Å². The summed E-state index contributed by atoms with van der Waals surface area (Å²) in [5.41, 5.74) is 1.16. The summed E-state index contributed by atoms with van der Waals surface area (Å²) in [6, 6.07) is 17.6. The van der Waals surface area contributed by atoms with E-state index in [2.05, 4.69) is 9.88 Å². The van der Waals surface area contributed by atoms with Gasteiger partial charge in [-0.1, -0.05) is 18.2 Å². The Hall–Kier alpha value is -4.07. The van der Waals surface area contributed by atoms with Gasteiger partial charge in [0.15, 0.2) is 0 Å². The molecule has 5 rings (SSSR count). The number of hydrogen-bond acceptors (Lipinski definition) is 4. The first-order valence-electron chi connectivity index (χ1n) is 11.0. The molecule has 0 bridgehead atoms. The van der Waals surface area contributed by atoms with Crippen molar-refractivity contribution in [1.82, 2.24) is 14.5 Å². The summed E-state index contributed by atoms with van der Waals surface area (Å²) >= 11 is 0. The third-order valence-electron chi connectivity index (χ3n) is 6.12. The highest BCUT2D eigenvalue weighted by Crippen LogP contribution is 2.19. The fourth-order valence-corrected chi connectivity index (χ4v) is 4.29. The smallest absolute Gasteiger partial charge is 0.265 e. The fourth-order valence-electron chi connectivity index (χ4n) is 4.29. The second-order valence-corrected chi connectivity index (χ2v) is 8.21. The number of rotatable bonds is 4. The second kappa shape index (κ2) is 9.05. The highest BCUT2D eigenvalue weighted by atomic mass is 19.1. The van der Waals surface area contributed by atoms with Crippen molar-refractivity contribution in [1.29, 1.82) is 0 Å². The zero-order valence-electron chi connectivity index (χ0n) is 18.3. The van der Waals surface area contributed by atoms with Crippen molar-refractivity contribution in [3.63, 3.8) is 0 Å². The molecule has 0 unspecified atom stereocenters. The number of amides is 1. The number of hydrogen-bond donors (Lipinski definition) is 0. The zero-order chi connectivity index (χ0) is 23.7. The van der Waals surface area contributed by atoms with E-state index in [1.807, 2.05) is 0 Å². The molecule has 0 saturated carbocycles. The lowest BCUT2D eigenvalue weighted by atomic mass is 10.1. The lowest BCUT2D eigenvalue weighted by molar-refractivity contribution is 0.0744. The van der Waals surface area contributed by atoms with Crippen molar-refractivity contribution in [2.75, 3.05) is 31.1 Å². The highest BCUT2D eigenvalue weighted by Gasteiger charge is 2.26. The molecule has 0 atom stereocenters. The molecule has 1 aliphatic rings. The summed E-state index contributed by atoms with van der Waals surface area (Å²) in [6.07, 6.45) is 1.57. The van der Waals surface area contributed by atoms with Gasteiger partial charge in [0, 0.05) is 49.0 Å². The van der Waals surface area contributed by atoms with E-state index in [-0.39, 0.29) is 23.8 Å². The standard InChI is InChI=1S/C26H22F2N4O2/c27-20-7-9-21(10-8-20)30-12-14-31(15-13-30)25(33)22-16-18-5-3-11-29-24(18)32(26(22)34)17-19-4-1-2-6-23(19)28/h1-11,16H,12-15,17H2. The van der Waals surface area contributed by atoms with Crippen LogP contribution >= 0.6 is 0 Å². The molecule has 1 amide bonds. The summed E-state index contributed by atoms with van der Waals surface area (Å²) in [5, 5.41) is 0.631. The van der Waals surface area contributed by atoms with Crippen molar-refractivity contribution < 1.29 is 13.6 Å². The molecular weight excluding hydrogens is 438 g/mol. The number of carbonyl (C=O) groups excluding carboxylic acids is 1. The molecular formula is C26H22F2N4O2. The molecule has 1 saturated heterocycles. The van der Waals surface area contributed by atoms with Gasteiger partial charge in [-0.3, -0.25) is 14.2 Å². The van der Waals surface area contributed by atoms with Crippen LogP contribution in [0.25, 0.3) is 11.0 Å². The Morgan fingerprint density at radius 1 is 0.912 bits per heavy atom. The molecule has 0 radical (unpaired) electrons. The van der Waals surface area contributed by atoms with Gasteiger partial charge in [-0.2, -0.15) is 0 Å². The van der Waals surface area contributed by atoms with Crippen LogP contribution in [0.4, 0.5) is 14.5 Å². The summed E-state index contributed by atoms with van der Waals surface area (Å²) in [6.45, 7) is 1.95. The number of halogens is 2. The van der Waals surface area contributed by atoms with Gasteiger partial charge in [-0.05, 0) is 48.5 Å². The minimum absolute atomic E-state index is 0.0293. The van der Waals surface area contributed by atoms with Gasteiger partial charge in [0.25, 0.3) is 11.5 Å². The molecule has 1 aliphatic heterocycles. The predicted octanol–water partition coefficient (Wildman–Crippen LogP) is 3.69. The largest absolute Gasteiger partial charge is 0.368 e. The summed E-state index contributed by atoms with van der Waals surface area (Å²) in [5.74, 6) is -1.08. The Morgan fingerprint density at radius 3 is 2.38 bits per heavy atom. The second-order valence-electron chi connectivity index (χ2n) is 8.21. The van der Waals surface area contributed by atoms with Crippen molar-refractivity contribution in [2.45, 2.75) is 6.54 Å². The molecule has 0 aliphatic carbocycles. The van der Waals surface area contributed by atoms with Crippen LogP contribution in [0.1, 0.15) is 15.9 Å². The monoisotopic (exact) mass is 460 g/mol. The molecule has 1 fully saturated rings. The number of nitrogens with zero attached hydrogens (tertiary/aromatic N) is 4. The number of carbonyl (C=O) groups is 1. The van der Waals surface area contributed by atoms with Crippen LogP contribution in [0.2, 0.25) is 0 Å². The Bertz CT molecular complexity index is 1410. The van der Waals surface area contributed by atoms with E-state index in [9.17, 15) is 18.4 Å². The molecule has 2 aromatic carbocycles. The molecule has 0 N–H and O–H groups in total. The van der Waals surface area contributed by atoms with Crippen molar-refractivity contribution in [3.05, 3.63) is 106 Å². The first kappa shape index (κ1) is 21.8. The van der Waals surface area contributed by atoms with Crippen LogP contribution < -0.4 is 10.5 Å². The maximum atomic E-state index is 14.3. The van der Waals surface area contributed by atoms with E-state index < -0.39 is 11.4 Å². The van der Waals surface area contributed by atoms with Crippen LogP contribution in [-0.2, 0) is 6.54 Å². The van der Waals surface area contributed by atoms with Crippen LogP contribution in [0.15, 0.2) is 77.7 Å². The number of aromatic nitrogens is 2. The average molecular weight is 460 g/mol. The van der Waals surface area contributed by atoms with Crippen molar-refractivity contribution in [3.8, 4) is 0 Å². The molecule has 6 nitrogen and oxygen atoms in total. The third-order valence-corrected chi connectivity index (χ3v) is 6.12. The first-order chi connectivity index (χ1) is 16.5. The quantitative estimate of drug-likeness (QED) is 0.466. The highest BCUT2D eigenvalue weighted by molar-refractivity contribution is 5.97. The Balaban J connectivity index is 1.44. The van der Waals surface area contributed by atoms with Gasteiger partial charge >= 0.3 is 0 Å². The molecule has 8 heteroatoms. The Labute approximate surface area is 194 Å². The maximum Gasteiger partial charge on any atom is 0.265 e. The van der Waals surface area contributed by atoms with Crippen molar-refractivity contribution in [2.24, 2.45) is 0 Å². The molecule has 172 valence electrons. The minimum Gasteiger partial charge on any atom is -0.368 e. The minimum atomic E-state index is -0.500. The van der Waals surface area contributed by atoms with E-state index in [1.165, 1.54) is 22.8 Å². The van der Waals surface area contributed by atoms with E-state index in [0.717, 1.165) is 5.69 Å². The molecule has 0 spiro atoms. The van der Waals surface area contributed by atoms with E-state index >= 15 is 0 Å². The fraction of sp³-hybridized carbons (Fsp3) is 0.192. The number of piperazine rings is 1. The summed E-state index contributed by atoms with van der Waals surface area (Å²) in [7, 11) is 0. The van der Waals surface area contributed by atoms with Gasteiger partial charge in [-0.25, -0.2) is 13.8 Å². The number of fused-ring (bicyclic) bond motifs is 1. The first-order valence-corrected chi connectivity index (χ1v) is 11.0. The molecule has 2 aromatic heterocycles. The molecule has 3 heterocycles. The van der Waals surface area contributed by atoms with Crippen LogP contribution in [0.3, 0.4) is 0 Å². The predicted molar refractivity (Wildman–Crippen MR) is 126 cm³/mol. The van der Waals surface area contributed by atoms with Crippen molar-refractivity contribution >= 4 is 22.6 Å². The molecule has 34 heavy (non-hydrogen) atoms.